The molecule has 1 fully saturated rings. The number of carbonyl (C=O) groups excluding carboxylic acids is 2. The van der Waals surface area contributed by atoms with E-state index in [0.29, 0.717) is 31.2 Å². The van der Waals surface area contributed by atoms with Gasteiger partial charge in [0.2, 0.25) is 5.91 Å². The van der Waals surface area contributed by atoms with Crippen molar-refractivity contribution in [1.29, 1.82) is 0 Å². The molecule has 1 saturated carbocycles. The molecule has 5 heteroatoms. The summed E-state index contributed by atoms with van der Waals surface area (Å²) in [6, 6.07) is 0. The van der Waals surface area contributed by atoms with Gasteiger partial charge in [0.1, 0.15) is 0 Å². The number of Topliss-reactive ketones (excluding diaryl/α,β-unsaturated/α-hetero) is 1. The largest absolute Gasteiger partial charge is 0.298 e. The van der Waals surface area contributed by atoms with Gasteiger partial charge in [0, 0.05) is 25.3 Å². The van der Waals surface area contributed by atoms with Gasteiger partial charge in [-0.3, -0.25) is 14.6 Å². The van der Waals surface area contributed by atoms with Gasteiger partial charge in [-0.2, -0.15) is 5.10 Å². The van der Waals surface area contributed by atoms with Gasteiger partial charge in [0.25, 0.3) is 0 Å². The van der Waals surface area contributed by atoms with E-state index in [9.17, 15) is 9.59 Å². The first kappa shape index (κ1) is 16.5. The topological polar surface area (TPSA) is 70.9 Å². The first-order valence-corrected chi connectivity index (χ1v) is 7.49. The molecule has 0 aliphatic heterocycles. The van der Waals surface area contributed by atoms with Gasteiger partial charge >= 0.3 is 0 Å². The SMILES string of the molecule is CCC(=O)CN=CC1CCC(/C=N\NC(=O)CC)CC1. The molecule has 0 bridgehead atoms. The number of nitrogens with one attached hydrogen (secondary N) is 1. The van der Waals surface area contributed by atoms with Crippen molar-refractivity contribution in [3.05, 3.63) is 0 Å². The lowest BCUT2D eigenvalue weighted by Gasteiger charge is -2.23. The fraction of sp³-hybridized carbons (Fsp3) is 0.733. The zero-order valence-electron chi connectivity index (χ0n) is 12.5. The smallest absolute Gasteiger partial charge is 0.239 e. The molecule has 0 heterocycles. The van der Waals surface area contributed by atoms with Crippen LogP contribution in [0.1, 0.15) is 52.4 Å². The number of carbonyl (C=O) groups is 2. The van der Waals surface area contributed by atoms with E-state index in [-0.39, 0.29) is 11.7 Å². The normalized spacial score (nSPS) is 23.3. The monoisotopic (exact) mass is 279 g/mol. The average molecular weight is 279 g/mol. The highest BCUT2D eigenvalue weighted by molar-refractivity contribution is 5.81. The standard InChI is InChI=1S/C15H25N3O2/c1-3-14(19)11-16-9-12-5-7-13(8-6-12)10-17-18-15(20)4-2/h9-10,12-13H,3-8,11H2,1-2H3,(H,18,20)/b16-9?,17-10-. The van der Waals surface area contributed by atoms with Gasteiger partial charge in [-0.15, -0.1) is 0 Å². The second kappa shape index (κ2) is 9.39. The minimum Gasteiger partial charge on any atom is -0.298 e. The molecule has 0 aromatic heterocycles. The highest BCUT2D eigenvalue weighted by Gasteiger charge is 2.18. The molecule has 1 amide bonds. The van der Waals surface area contributed by atoms with Crippen molar-refractivity contribution in [2.24, 2.45) is 21.9 Å². The Hall–Kier alpha value is -1.52. The van der Waals surface area contributed by atoms with Crippen LogP contribution in [0, 0.1) is 11.8 Å². The summed E-state index contributed by atoms with van der Waals surface area (Å²) in [6.07, 6.45) is 9.07. The maximum absolute atomic E-state index is 11.1. The van der Waals surface area contributed by atoms with E-state index < -0.39 is 0 Å². The van der Waals surface area contributed by atoms with Crippen LogP contribution in [0.5, 0.6) is 0 Å². The van der Waals surface area contributed by atoms with Crippen LogP contribution in [0.3, 0.4) is 0 Å². The van der Waals surface area contributed by atoms with Crippen LogP contribution in [-0.4, -0.2) is 30.7 Å². The average Bonchev–Trinajstić information content (AvgIpc) is 2.48. The Morgan fingerprint density at radius 2 is 1.65 bits per heavy atom. The zero-order chi connectivity index (χ0) is 14.8. The van der Waals surface area contributed by atoms with E-state index in [0.717, 1.165) is 25.7 Å². The molecule has 1 rings (SSSR count). The summed E-state index contributed by atoms with van der Waals surface area (Å²) in [5, 5.41) is 3.98. The van der Waals surface area contributed by atoms with Gasteiger partial charge in [-0.05, 0) is 37.5 Å². The zero-order valence-corrected chi connectivity index (χ0v) is 12.5. The van der Waals surface area contributed by atoms with Crippen LogP contribution in [0.2, 0.25) is 0 Å². The number of hydrazone groups is 1. The summed E-state index contributed by atoms with van der Waals surface area (Å²) < 4.78 is 0. The third-order valence-electron chi connectivity index (χ3n) is 3.59. The highest BCUT2D eigenvalue weighted by Crippen LogP contribution is 2.26. The summed E-state index contributed by atoms with van der Waals surface area (Å²) in [5.41, 5.74) is 2.51. The number of hydrogen-bond donors (Lipinski definition) is 1. The molecule has 0 radical (unpaired) electrons. The predicted molar refractivity (Wildman–Crippen MR) is 81.0 cm³/mol. The maximum Gasteiger partial charge on any atom is 0.239 e. The third-order valence-corrected chi connectivity index (χ3v) is 3.59. The first-order chi connectivity index (χ1) is 9.65. The summed E-state index contributed by atoms with van der Waals surface area (Å²) in [6.45, 7) is 3.99. The molecule has 1 aliphatic carbocycles. The van der Waals surface area contributed by atoms with Crippen molar-refractivity contribution in [2.45, 2.75) is 52.4 Å². The van der Waals surface area contributed by atoms with Crippen molar-refractivity contribution in [3.63, 3.8) is 0 Å². The van der Waals surface area contributed by atoms with Crippen LogP contribution in [0.25, 0.3) is 0 Å². The lowest BCUT2D eigenvalue weighted by Crippen LogP contribution is -2.20. The number of hydrogen-bond acceptors (Lipinski definition) is 4. The molecule has 0 saturated heterocycles. The molecule has 0 unspecified atom stereocenters. The van der Waals surface area contributed by atoms with E-state index in [1.54, 1.807) is 6.92 Å². The van der Waals surface area contributed by atoms with E-state index in [2.05, 4.69) is 15.5 Å². The van der Waals surface area contributed by atoms with Crippen molar-refractivity contribution in [2.75, 3.05) is 6.54 Å². The molecule has 0 aromatic rings. The van der Waals surface area contributed by atoms with Gasteiger partial charge in [-0.25, -0.2) is 5.43 Å². The summed E-state index contributed by atoms with van der Waals surface area (Å²) in [4.78, 5) is 26.4. The Kier molecular flexibility index (Phi) is 7.77. The van der Waals surface area contributed by atoms with Crippen LogP contribution >= 0.6 is 0 Å². The lowest BCUT2D eigenvalue weighted by molar-refractivity contribution is -0.120. The van der Waals surface area contributed by atoms with Gasteiger partial charge in [0.05, 0.1) is 6.54 Å². The van der Waals surface area contributed by atoms with E-state index in [1.165, 1.54) is 0 Å². The maximum atomic E-state index is 11.1. The fourth-order valence-corrected chi connectivity index (χ4v) is 2.15. The Morgan fingerprint density at radius 3 is 2.20 bits per heavy atom. The quantitative estimate of drug-likeness (QED) is 0.574. The molecular weight excluding hydrogens is 254 g/mol. The van der Waals surface area contributed by atoms with Gasteiger partial charge in [0.15, 0.2) is 5.78 Å². The Balaban J connectivity index is 2.22. The molecule has 1 N–H and O–H groups in total. The number of aliphatic imine (C=N–C) groups is 1. The van der Waals surface area contributed by atoms with Crippen LogP contribution in [-0.2, 0) is 9.59 Å². The van der Waals surface area contributed by atoms with Crippen molar-refractivity contribution < 1.29 is 9.59 Å². The molecular formula is C15H25N3O2. The minimum atomic E-state index is -0.0531. The molecule has 5 nitrogen and oxygen atoms in total. The second-order valence-electron chi connectivity index (χ2n) is 5.22. The van der Waals surface area contributed by atoms with Crippen LogP contribution in [0.4, 0.5) is 0 Å². The Labute approximate surface area is 120 Å². The van der Waals surface area contributed by atoms with Gasteiger partial charge < -0.3 is 0 Å². The van der Waals surface area contributed by atoms with Crippen LogP contribution < -0.4 is 5.43 Å². The second-order valence-corrected chi connectivity index (χ2v) is 5.22. The van der Waals surface area contributed by atoms with Crippen molar-refractivity contribution in [1.82, 2.24) is 5.43 Å². The molecule has 1 aliphatic rings. The van der Waals surface area contributed by atoms with E-state index in [4.69, 9.17) is 0 Å². The van der Waals surface area contributed by atoms with Crippen LogP contribution in [0.15, 0.2) is 10.1 Å². The summed E-state index contributed by atoms with van der Waals surface area (Å²) >= 11 is 0. The number of ketones is 1. The number of amides is 1. The van der Waals surface area contributed by atoms with Crippen molar-refractivity contribution in [3.8, 4) is 0 Å². The highest BCUT2D eigenvalue weighted by atomic mass is 16.2. The van der Waals surface area contributed by atoms with Crippen molar-refractivity contribution >= 4 is 24.1 Å². The minimum absolute atomic E-state index is 0.0531. The molecule has 0 aromatic carbocycles. The van der Waals surface area contributed by atoms with E-state index in [1.807, 2.05) is 19.4 Å². The number of rotatable bonds is 7. The Bertz CT molecular complexity index is 333. The molecule has 112 valence electrons. The summed E-state index contributed by atoms with van der Waals surface area (Å²) in [5.74, 6) is 1.06. The first-order valence-electron chi connectivity index (χ1n) is 7.49. The fourth-order valence-electron chi connectivity index (χ4n) is 2.15. The predicted octanol–water partition coefficient (Wildman–Crippen LogP) is 2.35. The number of nitrogens with zero attached hydrogens (tertiary/aromatic N) is 2. The lowest BCUT2D eigenvalue weighted by atomic mass is 9.83. The van der Waals surface area contributed by atoms with E-state index >= 15 is 0 Å². The summed E-state index contributed by atoms with van der Waals surface area (Å²) in [7, 11) is 0. The molecule has 0 atom stereocenters. The van der Waals surface area contributed by atoms with Gasteiger partial charge in [-0.1, -0.05) is 13.8 Å². The third kappa shape index (κ3) is 6.59. The Morgan fingerprint density at radius 1 is 1.05 bits per heavy atom. The molecule has 0 spiro atoms. The molecule has 20 heavy (non-hydrogen) atoms.